The highest BCUT2D eigenvalue weighted by atomic mass is 32.2. The van der Waals surface area contributed by atoms with Crippen molar-refractivity contribution in [1.82, 2.24) is 9.62 Å². The number of rotatable bonds is 10. The number of aliphatic carboxylic acids is 1. The number of carbonyl (C=O) groups is 2. The Hall–Kier alpha value is -1.45. The molecule has 0 amide bonds. The van der Waals surface area contributed by atoms with Gasteiger partial charge in [0.2, 0.25) is 10.0 Å². The molecule has 1 heterocycles. The number of nitrogens with one attached hydrogen (secondary N) is 1. The number of carboxylic acids is 1. The topological polar surface area (TPSA) is 113 Å². The Kier molecular flexibility index (Phi) is 10.5. The molecular formula is C43H72N2O6S. The van der Waals surface area contributed by atoms with Gasteiger partial charge in [0.05, 0.1) is 18.1 Å². The average Bonchev–Trinajstić information content (AvgIpc) is 3.42. The lowest BCUT2D eigenvalue weighted by molar-refractivity contribution is -0.250. The van der Waals surface area contributed by atoms with Gasteiger partial charge in [-0.25, -0.2) is 13.1 Å². The molecule has 0 unspecified atom stereocenters. The van der Waals surface area contributed by atoms with Gasteiger partial charge in [0.25, 0.3) is 0 Å². The van der Waals surface area contributed by atoms with Crippen LogP contribution in [-0.4, -0.2) is 68.4 Å². The zero-order valence-corrected chi connectivity index (χ0v) is 34.9. The Labute approximate surface area is 316 Å². The number of nitrogens with zero attached hydrogens (tertiary/aromatic N) is 1. The van der Waals surface area contributed by atoms with Gasteiger partial charge in [0, 0.05) is 11.5 Å². The van der Waals surface area contributed by atoms with Gasteiger partial charge in [-0.3, -0.25) is 9.59 Å². The van der Waals surface area contributed by atoms with Crippen LogP contribution >= 0.6 is 0 Å². The van der Waals surface area contributed by atoms with E-state index in [1.54, 1.807) is 13.8 Å². The lowest BCUT2D eigenvalue weighted by atomic mass is 9.32. The van der Waals surface area contributed by atoms with Crippen molar-refractivity contribution < 1.29 is 27.9 Å². The van der Waals surface area contributed by atoms with E-state index in [2.05, 4.69) is 57.7 Å². The van der Waals surface area contributed by atoms with Crippen LogP contribution < -0.4 is 4.72 Å². The Bertz CT molecular complexity index is 1520. The van der Waals surface area contributed by atoms with Gasteiger partial charge in [0.1, 0.15) is 6.10 Å². The van der Waals surface area contributed by atoms with Crippen molar-refractivity contribution in [2.24, 2.45) is 62.1 Å². The highest BCUT2D eigenvalue weighted by Crippen LogP contribution is 2.78. The summed E-state index contributed by atoms with van der Waals surface area (Å²) >= 11 is 0. The normalized spacial score (nSPS) is 42.3. The zero-order valence-electron chi connectivity index (χ0n) is 34.1. The zero-order chi connectivity index (χ0) is 38.3. The molecule has 10 atom stereocenters. The van der Waals surface area contributed by atoms with Crippen molar-refractivity contribution in [3.8, 4) is 0 Å². The molecule has 6 aliphatic rings. The average molecular weight is 745 g/mol. The number of fused-ring (bicyclic) bond motifs is 7. The van der Waals surface area contributed by atoms with E-state index in [0.717, 1.165) is 51.7 Å². The Morgan fingerprint density at radius 3 is 2.17 bits per heavy atom. The highest BCUT2D eigenvalue weighted by Gasteiger charge is 2.71. The largest absolute Gasteiger partial charge is 0.481 e. The number of allylic oxidation sites excluding steroid dienone is 1. The fourth-order valence-electron chi connectivity index (χ4n) is 14.5. The third-order valence-corrected chi connectivity index (χ3v) is 18.3. The van der Waals surface area contributed by atoms with Gasteiger partial charge in [-0.1, -0.05) is 46.8 Å². The van der Waals surface area contributed by atoms with Crippen LogP contribution in [0.1, 0.15) is 145 Å². The molecule has 0 spiro atoms. The van der Waals surface area contributed by atoms with E-state index in [4.69, 9.17) is 4.74 Å². The number of esters is 1. The lowest BCUT2D eigenvalue weighted by Crippen LogP contribution is -2.66. The van der Waals surface area contributed by atoms with E-state index in [1.165, 1.54) is 63.2 Å². The maximum Gasteiger partial charge on any atom is 0.309 e. The van der Waals surface area contributed by atoms with Crippen LogP contribution in [0.3, 0.4) is 0 Å². The molecule has 8 nitrogen and oxygen atoms in total. The number of hydrogen-bond donors (Lipinski definition) is 2. The highest BCUT2D eigenvalue weighted by molar-refractivity contribution is 7.88. The van der Waals surface area contributed by atoms with E-state index in [0.29, 0.717) is 35.0 Å². The second kappa shape index (κ2) is 13.6. The molecule has 296 valence electrons. The first kappa shape index (κ1) is 40.2. The third kappa shape index (κ3) is 6.75. The van der Waals surface area contributed by atoms with Gasteiger partial charge >= 0.3 is 11.9 Å². The number of ether oxygens (including phenoxy) is 1. The van der Waals surface area contributed by atoms with Gasteiger partial charge < -0.3 is 14.7 Å². The second-order valence-corrected chi connectivity index (χ2v) is 22.8. The number of carbonyl (C=O) groups excluding carboxylic acids is 1. The molecule has 0 aromatic rings. The molecule has 5 aliphatic carbocycles. The lowest BCUT2D eigenvalue weighted by Gasteiger charge is -2.73. The minimum Gasteiger partial charge on any atom is -0.481 e. The first-order chi connectivity index (χ1) is 24.0. The summed E-state index contributed by atoms with van der Waals surface area (Å²) in [4.78, 5) is 27.5. The Morgan fingerprint density at radius 2 is 1.56 bits per heavy atom. The summed E-state index contributed by atoms with van der Waals surface area (Å²) in [6.07, 6.45) is 16.0. The van der Waals surface area contributed by atoms with E-state index in [-0.39, 0.29) is 46.2 Å². The fraction of sp³-hybridized carbons (Fsp3) is 0.907. The summed E-state index contributed by atoms with van der Waals surface area (Å²) in [7, 11) is -3.17. The summed E-state index contributed by atoms with van der Waals surface area (Å²) in [5.41, 5.74) is 1.11. The summed E-state index contributed by atoms with van der Waals surface area (Å²) < 4.78 is 32.7. The molecule has 0 aromatic heterocycles. The van der Waals surface area contributed by atoms with Crippen molar-refractivity contribution in [2.45, 2.75) is 157 Å². The van der Waals surface area contributed by atoms with Crippen molar-refractivity contribution >= 4 is 22.0 Å². The summed E-state index contributed by atoms with van der Waals surface area (Å²) in [6.45, 7) is 25.8. The third-order valence-electron chi connectivity index (χ3n) is 17.5. The fourth-order valence-corrected chi connectivity index (χ4v) is 15.3. The molecule has 6 rings (SSSR count). The smallest absolute Gasteiger partial charge is 0.309 e. The van der Waals surface area contributed by atoms with Gasteiger partial charge in [-0.2, -0.15) is 0 Å². The van der Waals surface area contributed by atoms with E-state index in [9.17, 15) is 23.1 Å². The number of piperidine rings is 1. The van der Waals surface area contributed by atoms with Crippen LogP contribution in [-0.2, 0) is 24.3 Å². The van der Waals surface area contributed by atoms with Crippen LogP contribution in [0.15, 0.2) is 12.2 Å². The van der Waals surface area contributed by atoms with Crippen molar-refractivity contribution in [3.63, 3.8) is 0 Å². The Balaban J connectivity index is 1.19. The van der Waals surface area contributed by atoms with Gasteiger partial charge in [-0.15, -0.1) is 0 Å². The molecular weight excluding hydrogens is 673 g/mol. The van der Waals surface area contributed by atoms with Crippen LogP contribution in [0.25, 0.3) is 0 Å². The van der Waals surface area contributed by atoms with Crippen LogP contribution in [0, 0.1) is 62.1 Å². The van der Waals surface area contributed by atoms with Crippen molar-refractivity contribution in [1.29, 1.82) is 0 Å². The van der Waals surface area contributed by atoms with Crippen molar-refractivity contribution in [3.05, 3.63) is 12.2 Å². The van der Waals surface area contributed by atoms with E-state index < -0.39 is 21.4 Å². The maximum absolute atomic E-state index is 13.1. The molecule has 5 saturated carbocycles. The summed E-state index contributed by atoms with van der Waals surface area (Å²) in [5.74, 6) is 1.69. The maximum atomic E-state index is 13.1. The Morgan fingerprint density at radius 1 is 0.885 bits per heavy atom. The number of sulfonamides is 1. The molecule has 0 bridgehead atoms. The summed E-state index contributed by atoms with van der Waals surface area (Å²) in [6, 6.07) is 0.0616. The monoisotopic (exact) mass is 745 g/mol. The second-order valence-electron chi connectivity index (χ2n) is 21.0. The number of hydrogen-bond acceptors (Lipinski definition) is 6. The van der Waals surface area contributed by atoms with Crippen LogP contribution in [0.2, 0.25) is 0 Å². The minimum absolute atomic E-state index is 0.0616. The number of carboxylic acid groups (broad SMARTS) is 1. The molecule has 9 heteroatoms. The minimum atomic E-state index is -3.17. The molecule has 1 aliphatic heterocycles. The SMILES string of the molecule is C=C(C)[C@@H]1CC[C@]2(CCN3CCC(NS(C)(=O)=O)CC3)CC[C@]3(C)[C@H](CC[C@@H]4[C@@]5(C)CC[C@H](OC(=O)CC(C)(C)C(=O)O)C(C)(C)[C@@H]5CC[C@]43C)[C@@H]12. The molecule has 1 saturated heterocycles. The molecule has 52 heavy (non-hydrogen) atoms. The predicted molar refractivity (Wildman–Crippen MR) is 207 cm³/mol. The molecule has 6 fully saturated rings. The molecule has 2 N–H and O–H groups in total. The van der Waals surface area contributed by atoms with Gasteiger partial charge in [-0.05, 0) is 175 Å². The summed E-state index contributed by atoms with van der Waals surface area (Å²) in [5, 5.41) is 9.62. The van der Waals surface area contributed by atoms with Crippen LogP contribution in [0.4, 0.5) is 0 Å². The first-order valence-electron chi connectivity index (χ1n) is 20.8. The molecule has 0 aromatic carbocycles. The van der Waals surface area contributed by atoms with Crippen LogP contribution in [0.5, 0.6) is 0 Å². The van der Waals surface area contributed by atoms with Crippen molar-refractivity contribution in [2.75, 3.05) is 25.9 Å². The number of likely N-dealkylation sites (tertiary alicyclic amines) is 1. The van der Waals surface area contributed by atoms with E-state index >= 15 is 0 Å². The predicted octanol–water partition coefficient (Wildman–Crippen LogP) is 8.46. The first-order valence-corrected chi connectivity index (χ1v) is 22.7. The standard InChI is InChI=1S/C43H72N2O6S/c1-28(2)30-13-20-43(23-26-45-24-16-29(17-25-45)44-52(10,49)50)22-21-41(8)31(36(30)43)11-12-33-40(7)18-15-34(51-35(46)27-38(3,4)37(47)48)39(5,6)32(40)14-19-42(33,41)9/h29-34,36,44H,1,11-27H2,2-10H3,(H,47,48)/t30-,31+,32-,33+,34-,36+,40-,41+,42+,43+/m0/s1. The van der Waals surface area contributed by atoms with Gasteiger partial charge in [0.15, 0.2) is 0 Å². The van der Waals surface area contributed by atoms with E-state index in [1.807, 2.05) is 0 Å². The quantitative estimate of drug-likeness (QED) is 0.171. The molecule has 0 radical (unpaired) electrons.